The van der Waals surface area contributed by atoms with E-state index in [1.165, 1.54) is 0 Å². The minimum atomic E-state index is 0. The number of hydrogen-bond acceptors (Lipinski definition) is 0. The van der Waals surface area contributed by atoms with Gasteiger partial charge in [0.25, 0.3) is 0 Å². The molecule has 5 heteroatoms. The summed E-state index contributed by atoms with van der Waals surface area (Å²) >= 11 is 0. The van der Waals surface area contributed by atoms with Crippen LogP contribution < -0.4 is 0 Å². The van der Waals surface area contributed by atoms with Crippen molar-refractivity contribution in [3.05, 3.63) is 0 Å². The van der Waals surface area contributed by atoms with Crippen molar-refractivity contribution in [2.24, 2.45) is 0 Å². The van der Waals surface area contributed by atoms with Gasteiger partial charge in [-0.1, -0.05) is 0 Å². The van der Waals surface area contributed by atoms with Gasteiger partial charge in [-0.25, -0.2) is 0 Å². The van der Waals surface area contributed by atoms with Gasteiger partial charge in [0.2, 0.25) is 0 Å². The van der Waals surface area contributed by atoms with Crippen molar-refractivity contribution in [3.8, 4) is 0 Å². The molecule has 5 heavy (non-hydrogen) atoms. The summed E-state index contributed by atoms with van der Waals surface area (Å²) in [6, 6.07) is 0. The molecule has 32 valence electrons. The van der Waals surface area contributed by atoms with Gasteiger partial charge >= 0.3 is 36.8 Å². The summed E-state index contributed by atoms with van der Waals surface area (Å²) in [5.74, 6) is 0. The molecule has 0 aromatic carbocycles. The van der Waals surface area contributed by atoms with E-state index in [-0.39, 0.29) is 53.3 Å². The molecule has 0 N–H and O–H groups in total. The van der Waals surface area contributed by atoms with Gasteiger partial charge in [0.15, 0.2) is 0 Å². The standard InChI is InChI=1S/Cr.3O.Ru/q+3;3*-2;+3. The largest absolute Gasteiger partial charge is 3.00 e. The average Bonchev–Trinajstić information content (AvgIpc) is 0. The van der Waals surface area contributed by atoms with Crippen LogP contribution in [0.4, 0.5) is 0 Å². The third kappa shape index (κ3) is 43.3. The Morgan fingerprint density at radius 2 is 0.600 bits per heavy atom. The summed E-state index contributed by atoms with van der Waals surface area (Å²) in [7, 11) is 0. The Bertz CT molecular complexity index is 6.85. The molecule has 0 rings (SSSR count). The van der Waals surface area contributed by atoms with Crippen LogP contribution in [0.2, 0.25) is 0 Å². The van der Waals surface area contributed by atoms with E-state index >= 15 is 0 Å². The average molecular weight is 201 g/mol. The first-order valence-corrected chi connectivity index (χ1v) is 0. The number of hydrogen-bond donors (Lipinski definition) is 0. The van der Waals surface area contributed by atoms with Gasteiger partial charge in [-0.3, -0.25) is 0 Å². The fourth-order valence-electron chi connectivity index (χ4n) is 0. The zero-order valence-electron chi connectivity index (χ0n) is 1.99. The molecular formula is CrO3Ru. The second kappa shape index (κ2) is 76.4. The quantitative estimate of drug-likeness (QED) is 0.479. The van der Waals surface area contributed by atoms with Gasteiger partial charge in [-0.05, 0) is 0 Å². The van der Waals surface area contributed by atoms with E-state index in [9.17, 15) is 0 Å². The molecule has 3 nitrogen and oxygen atoms in total. The molecule has 0 aliphatic carbocycles. The Balaban J connectivity index is 0. The van der Waals surface area contributed by atoms with E-state index in [0.717, 1.165) is 0 Å². The second-order valence-corrected chi connectivity index (χ2v) is 0. The van der Waals surface area contributed by atoms with Crippen LogP contribution in [0.25, 0.3) is 0 Å². The van der Waals surface area contributed by atoms with Crippen LogP contribution >= 0.6 is 0 Å². The summed E-state index contributed by atoms with van der Waals surface area (Å²) in [6.07, 6.45) is 0. The van der Waals surface area contributed by atoms with Crippen molar-refractivity contribution >= 4 is 0 Å². The van der Waals surface area contributed by atoms with Crippen molar-refractivity contribution in [2.75, 3.05) is 0 Å². The van der Waals surface area contributed by atoms with Crippen molar-refractivity contribution in [1.29, 1.82) is 0 Å². The zero-order chi connectivity index (χ0) is 0. The molecule has 0 atom stereocenters. The summed E-state index contributed by atoms with van der Waals surface area (Å²) in [4.78, 5) is 0. The van der Waals surface area contributed by atoms with Crippen LogP contribution in [0.3, 0.4) is 0 Å². The Labute approximate surface area is 53.6 Å². The maximum Gasteiger partial charge on any atom is 3.00 e. The van der Waals surface area contributed by atoms with E-state index < -0.39 is 0 Å². The minimum absolute atomic E-state index is 0. The molecule has 0 spiro atoms. The molecule has 0 saturated carbocycles. The molecule has 0 aromatic rings. The fraction of sp³-hybridized carbons (Fsp3) is 0. The maximum atomic E-state index is 0. The van der Waals surface area contributed by atoms with Gasteiger partial charge in [-0.15, -0.1) is 0 Å². The van der Waals surface area contributed by atoms with Gasteiger partial charge < -0.3 is 16.4 Å². The fourth-order valence-corrected chi connectivity index (χ4v) is 0. The topological polar surface area (TPSA) is 85.5 Å². The third-order valence-corrected chi connectivity index (χ3v) is 0. The number of rotatable bonds is 0. The molecule has 0 aliphatic heterocycles. The molecule has 2 radical (unpaired) electrons. The SMILES string of the molecule is [Cr+3].[O-2].[O-2].[O-2].[Ru+3]. The zero-order valence-corrected chi connectivity index (χ0v) is 5.00. The Morgan fingerprint density at radius 3 is 0.600 bits per heavy atom. The summed E-state index contributed by atoms with van der Waals surface area (Å²) < 4.78 is 0. The summed E-state index contributed by atoms with van der Waals surface area (Å²) in [5, 5.41) is 0. The van der Waals surface area contributed by atoms with E-state index in [2.05, 4.69) is 0 Å². The predicted octanol–water partition coefficient (Wildman–Crippen LogP) is -0.361. The molecule has 0 aliphatic rings. The van der Waals surface area contributed by atoms with Crippen LogP contribution in [0, 0.1) is 0 Å². The molecule has 0 amide bonds. The first-order chi connectivity index (χ1) is 0. The third-order valence-electron chi connectivity index (χ3n) is 0. The maximum absolute atomic E-state index is 0. The molecule has 0 fully saturated rings. The predicted molar refractivity (Wildman–Crippen MR) is 2.06 cm³/mol. The molecular weight excluding hydrogens is 201 g/mol. The Kier molecular flexibility index (Phi) is 2180. The van der Waals surface area contributed by atoms with E-state index in [1.54, 1.807) is 0 Å². The normalized spacial score (nSPS) is 0. The first kappa shape index (κ1) is 143. The van der Waals surface area contributed by atoms with Gasteiger partial charge in [0.1, 0.15) is 0 Å². The Morgan fingerprint density at radius 1 is 0.600 bits per heavy atom. The van der Waals surface area contributed by atoms with Crippen LogP contribution in [-0.4, -0.2) is 0 Å². The molecule has 0 heterocycles. The van der Waals surface area contributed by atoms with E-state index in [0.29, 0.717) is 0 Å². The van der Waals surface area contributed by atoms with Crippen LogP contribution in [-0.2, 0) is 53.3 Å². The van der Waals surface area contributed by atoms with Gasteiger partial charge in [0, 0.05) is 0 Å². The van der Waals surface area contributed by atoms with Gasteiger partial charge in [0.05, 0.1) is 0 Å². The van der Waals surface area contributed by atoms with Crippen molar-refractivity contribution in [2.45, 2.75) is 0 Å². The minimum Gasteiger partial charge on any atom is -2.00 e. The molecule has 0 saturated heterocycles. The van der Waals surface area contributed by atoms with E-state index in [4.69, 9.17) is 0 Å². The van der Waals surface area contributed by atoms with Crippen molar-refractivity contribution in [3.63, 3.8) is 0 Å². The van der Waals surface area contributed by atoms with Crippen molar-refractivity contribution < 1.29 is 53.3 Å². The molecule has 0 bridgehead atoms. The summed E-state index contributed by atoms with van der Waals surface area (Å²) in [6.45, 7) is 0. The van der Waals surface area contributed by atoms with E-state index in [1.807, 2.05) is 0 Å². The monoisotopic (exact) mass is 202 g/mol. The van der Waals surface area contributed by atoms with Crippen molar-refractivity contribution in [1.82, 2.24) is 0 Å². The smallest absolute Gasteiger partial charge is 2.00 e. The molecule has 0 aromatic heterocycles. The molecule has 0 unspecified atom stereocenters. The van der Waals surface area contributed by atoms with Crippen LogP contribution in [0.5, 0.6) is 0 Å². The first-order valence-electron chi connectivity index (χ1n) is 0. The van der Waals surface area contributed by atoms with Gasteiger partial charge in [-0.2, -0.15) is 0 Å². The second-order valence-electron chi connectivity index (χ2n) is 0. The Hall–Kier alpha value is 1.04. The van der Waals surface area contributed by atoms with Crippen LogP contribution in [0.1, 0.15) is 0 Å². The van der Waals surface area contributed by atoms with Crippen LogP contribution in [0.15, 0.2) is 0 Å². The summed E-state index contributed by atoms with van der Waals surface area (Å²) in [5.41, 5.74) is 0.